The van der Waals surface area contributed by atoms with E-state index in [2.05, 4.69) is 0 Å². The van der Waals surface area contributed by atoms with Crippen molar-refractivity contribution in [2.75, 3.05) is 26.9 Å². The molecular weight excluding hydrogens is 332 g/mol. The summed E-state index contributed by atoms with van der Waals surface area (Å²) in [5, 5.41) is 0. The van der Waals surface area contributed by atoms with Crippen molar-refractivity contribution in [2.24, 2.45) is 0 Å². The van der Waals surface area contributed by atoms with E-state index in [1.807, 2.05) is 43.3 Å². The first-order valence-corrected chi connectivity index (χ1v) is 8.62. The molecule has 5 nitrogen and oxygen atoms in total. The molecule has 0 spiro atoms. The van der Waals surface area contributed by atoms with Gasteiger partial charge in [-0.2, -0.15) is 0 Å². The highest BCUT2D eigenvalue weighted by Gasteiger charge is 2.23. The van der Waals surface area contributed by atoms with Crippen LogP contribution in [0.1, 0.15) is 27.9 Å². The molecule has 4 rings (SSSR count). The van der Waals surface area contributed by atoms with Crippen LogP contribution in [-0.4, -0.2) is 32.7 Å². The Balaban J connectivity index is 1.75. The first-order chi connectivity index (χ1) is 12.7. The summed E-state index contributed by atoms with van der Waals surface area (Å²) in [5.41, 5.74) is 3.12. The lowest BCUT2D eigenvalue weighted by molar-refractivity contribution is 0.103. The van der Waals surface area contributed by atoms with Gasteiger partial charge in [0.25, 0.3) is 0 Å². The number of para-hydroxylation sites is 1. The minimum atomic E-state index is -0.00458. The molecule has 0 bridgehead atoms. The van der Waals surface area contributed by atoms with E-state index in [9.17, 15) is 4.79 Å². The average Bonchev–Trinajstić information content (AvgIpc) is 2.82. The Kier molecular flexibility index (Phi) is 4.29. The highest BCUT2D eigenvalue weighted by molar-refractivity contribution is 6.13. The zero-order chi connectivity index (χ0) is 18.1. The second kappa shape index (κ2) is 6.75. The monoisotopic (exact) mass is 352 g/mol. The van der Waals surface area contributed by atoms with Crippen LogP contribution in [0.3, 0.4) is 0 Å². The Labute approximate surface area is 152 Å². The summed E-state index contributed by atoms with van der Waals surface area (Å²) in [6.45, 7) is 3.41. The van der Waals surface area contributed by atoms with Crippen LogP contribution in [0.25, 0.3) is 6.08 Å². The van der Waals surface area contributed by atoms with Crippen LogP contribution in [0.15, 0.2) is 35.9 Å². The molecule has 5 heteroatoms. The first kappa shape index (κ1) is 16.5. The van der Waals surface area contributed by atoms with Gasteiger partial charge >= 0.3 is 0 Å². The number of carbonyl (C=O) groups is 1. The molecule has 0 radical (unpaired) electrons. The van der Waals surface area contributed by atoms with Crippen molar-refractivity contribution in [3.63, 3.8) is 0 Å². The summed E-state index contributed by atoms with van der Waals surface area (Å²) in [7, 11) is 1.59. The van der Waals surface area contributed by atoms with Crippen molar-refractivity contribution in [1.82, 2.24) is 0 Å². The maximum Gasteiger partial charge on any atom is 0.203 e. The largest absolute Gasteiger partial charge is 0.493 e. The number of hydrogen-bond donors (Lipinski definition) is 0. The first-order valence-electron chi connectivity index (χ1n) is 8.62. The Morgan fingerprint density at radius 2 is 1.85 bits per heavy atom. The molecule has 0 fully saturated rings. The molecule has 134 valence electrons. The lowest BCUT2D eigenvalue weighted by atomic mass is 9.97. The Morgan fingerprint density at radius 1 is 1.04 bits per heavy atom. The van der Waals surface area contributed by atoms with E-state index >= 15 is 0 Å². The summed E-state index contributed by atoms with van der Waals surface area (Å²) in [5.74, 6) is 2.52. The molecule has 2 aromatic carbocycles. The van der Waals surface area contributed by atoms with Crippen LogP contribution in [0.2, 0.25) is 0 Å². The third kappa shape index (κ3) is 2.90. The van der Waals surface area contributed by atoms with Crippen molar-refractivity contribution in [3.05, 3.63) is 52.6 Å². The van der Waals surface area contributed by atoms with Crippen LogP contribution >= 0.6 is 0 Å². The molecule has 0 saturated carbocycles. The highest BCUT2D eigenvalue weighted by Crippen LogP contribution is 2.41. The number of fused-ring (bicyclic) bond motifs is 2. The van der Waals surface area contributed by atoms with Gasteiger partial charge in [-0.25, -0.2) is 0 Å². The second-order valence-electron chi connectivity index (χ2n) is 6.30. The zero-order valence-corrected chi connectivity index (χ0v) is 14.8. The molecule has 2 aliphatic rings. The van der Waals surface area contributed by atoms with Crippen LogP contribution in [-0.2, 0) is 0 Å². The summed E-state index contributed by atoms with van der Waals surface area (Å²) in [6.07, 6.45) is 2.42. The summed E-state index contributed by atoms with van der Waals surface area (Å²) >= 11 is 0. The number of Topliss-reactive ketones (excluding diaryl/α,β-unsaturated/α-hetero) is 1. The van der Waals surface area contributed by atoms with Gasteiger partial charge in [0.15, 0.2) is 17.3 Å². The van der Waals surface area contributed by atoms with Crippen molar-refractivity contribution in [3.8, 4) is 23.0 Å². The molecule has 0 unspecified atom stereocenters. The quantitative estimate of drug-likeness (QED) is 0.769. The standard InChI is InChI=1S/C21H20O5/c1-13-4-3-5-16-19(22)15(6-7-25-20(13)16)10-14-11-17(23-2)21-18(12-14)24-8-9-26-21/h3-5,10-12H,6-9H2,1-2H3/b15-10+. The zero-order valence-electron chi connectivity index (χ0n) is 14.8. The number of benzene rings is 2. The molecule has 0 aliphatic carbocycles. The maximum absolute atomic E-state index is 13.0. The second-order valence-corrected chi connectivity index (χ2v) is 6.30. The van der Waals surface area contributed by atoms with Gasteiger partial charge in [-0.05, 0) is 42.3 Å². The van der Waals surface area contributed by atoms with Crippen LogP contribution in [0.4, 0.5) is 0 Å². The number of carbonyl (C=O) groups excluding carboxylic acids is 1. The summed E-state index contributed by atoms with van der Waals surface area (Å²) < 4.78 is 22.6. The van der Waals surface area contributed by atoms with E-state index in [1.165, 1.54) is 0 Å². The maximum atomic E-state index is 13.0. The molecule has 2 aromatic rings. The predicted octanol–water partition coefficient (Wildman–Crippen LogP) is 3.82. The highest BCUT2D eigenvalue weighted by atomic mass is 16.6. The third-order valence-electron chi connectivity index (χ3n) is 4.56. The lowest BCUT2D eigenvalue weighted by Crippen LogP contribution is -2.16. The van der Waals surface area contributed by atoms with E-state index in [4.69, 9.17) is 18.9 Å². The molecule has 2 heterocycles. The third-order valence-corrected chi connectivity index (χ3v) is 4.56. The molecule has 0 aromatic heterocycles. The number of hydrogen-bond acceptors (Lipinski definition) is 5. The fourth-order valence-electron chi connectivity index (χ4n) is 3.29. The summed E-state index contributed by atoms with van der Waals surface area (Å²) in [6, 6.07) is 9.38. The average molecular weight is 352 g/mol. The van der Waals surface area contributed by atoms with Crippen molar-refractivity contribution in [1.29, 1.82) is 0 Å². The minimum absolute atomic E-state index is 0.00458. The number of ketones is 1. The minimum Gasteiger partial charge on any atom is -0.493 e. The van der Waals surface area contributed by atoms with Crippen LogP contribution in [0.5, 0.6) is 23.0 Å². The van der Waals surface area contributed by atoms with Crippen LogP contribution in [0, 0.1) is 6.92 Å². The van der Waals surface area contributed by atoms with Gasteiger partial charge in [-0.3, -0.25) is 4.79 Å². The molecule has 0 atom stereocenters. The molecule has 26 heavy (non-hydrogen) atoms. The van der Waals surface area contributed by atoms with E-state index in [1.54, 1.807) is 7.11 Å². The fourth-order valence-corrected chi connectivity index (χ4v) is 3.29. The summed E-state index contributed by atoms with van der Waals surface area (Å²) in [4.78, 5) is 13.0. The fraction of sp³-hybridized carbons (Fsp3) is 0.286. The Bertz CT molecular complexity index is 880. The van der Waals surface area contributed by atoms with Crippen molar-refractivity contribution in [2.45, 2.75) is 13.3 Å². The number of aryl methyl sites for hydroxylation is 1. The topological polar surface area (TPSA) is 54.0 Å². The molecule has 0 amide bonds. The number of rotatable bonds is 2. The Hall–Kier alpha value is -2.95. The number of methoxy groups -OCH3 is 1. The van der Waals surface area contributed by atoms with E-state index in [-0.39, 0.29) is 5.78 Å². The van der Waals surface area contributed by atoms with Gasteiger partial charge in [0.1, 0.15) is 19.0 Å². The van der Waals surface area contributed by atoms with Crippen molar-refractivity contribution >= 4 is 11.9 Å². The molecule has 0 saturated heterocycles. The SMILES string of the molecule is COc1cc(/C=C2\CCOc3c(C)cccc3C2=O)cc2c1OCCO2. The van der Waals surface area contributed by atoms with Crippen molar-refractivity contribution < 1.29 is 23.7 Å². The van der Waals surface area contributed by atoms with Gasteiger partial charge in [-0.1, -0.05) is 12.1 Å². The van der Waals surface area contributed by atoms with Gasteiger partial charge in [0, 0.05) is 12.0 Å². The van der Waals surface area contributed by atoms with Gasteiger partial charge < -0.3 is 18.9 Å². The molecular formula is C21H20O5. The van der Waals surface area contributed by atoms with Gasteiger partial charge in [0.05, 0.1) is 19.3 Å². The van der Waals surface area contributed by atoms with Gasteiger partial charge in [-0.15, -0.1) is 0 Å². The van der Waals surface area contributed by atoms with Gasteiger partial charge in [0.2, 0.25) is 5.75 Å². The molecule has 2 aliphatic heterocycles. The predicted molar refractivity (Wildman–Crippen MR) is 97.6 cm³/mol. The lowest BCUT2D eigenvalue weighted by Gasteiger charge is -2.21. The number of ether oxygens (including phenoxy) is 4. The smallest absolute Gasteiger partial charge is 0.203 e. The van der Waals surface area contributed by atoms with E-state index in [0.717, 1.165) is 11.1 Å². The van der Waals surface area contributed by atoms with E-state index < -0.39 is 0 Å². The normalized spacial score (nSPS) is 17.3. The van der Waals surface area contributed by atoms with Crippen LogP contribution < -0.4 is 18.9 Å². The Morgan fingerprint density at radius 3 is 2.69 bits per heavy atom. The van der Waals surface area contributed by atoms with E-state index in [0.29, 0.717) is 60.4 Å². The molecule has 0 N–H and O–H groups in total.